The lowest BCUT2D eigenvalue weighted by molar-refractivity contribution is -0.190. The van der Waals surface area contributed by atoms with Crippen molar-refractivity contribution < 1.29 is 9.84 Å². The summed E-state index contributed by atoms with van der Waals surface area (Å²) in [5.74, 6) is 1.37. The van der Waals surface area contributed by atoms with Crippen LogP contribution in [-0.4, -0.2) is 17.0 Å². The predicted octanol–water partition coefficient (Wildman–Crippen LogP) is 1.70. The summed E-state index contributed by atoms with van der Waals surface area (Å²) in [6.07, 6.45) is 6.77. The number of ether oxygens (including phenoxy) is 1. The molecule has 0 aliphatic carbocycles. The van der Waals surface area contributed by atoms with Gasteiger partial charge in [0.25, 0.3) is 0 Å². The third-order valence-electron chi connectivity index (χ3n) is 1.19. The van der Waals surface area contributed by atoms with Crippen LogP contribution in [0.4, 0.5) is 0 Å². The van der Waals surface area contributed by atoms with E-state index in [1.165, 1.54) is 0 Å². The van der Waals surface area contributed by atoms with Gasteiger partial charge in [0.2, 0.25) is 0 Å². The molecular weight excluding hydrogens is 152 g/mol. The SMILES string of the molecule is C#CC(C)=CC(C)OC(C)(C)O. The Morgan fingerprint density at radius 1 is 1.67 bits per heavy atom. The van der Waals surface area contributed by atoms with Crippen molar-refractivity contribution in [2.75, 3.05) is 0 Å². The molecule has 0 aromatic rings. The van der Waals surface area contributed by atoms with Crippen molar-refractivity contribution in [1.82, 2.24) is 0 Å². The molecule has 0 saturated heterocycles. The molecule has 1 unspecified atom stereocenters. The van der Waals surface area contributed by atoms with Crippen molar-refractivity contribution in [3.63, 3.8) is 0 Å². The summed E-state index contributed by atoms with van der Waals surface area (Å²) in [4.78, 5) is 0. The van der Waals surface area contributed by atoms with E-state index in [1.54, 1.807) is 19.9 Å². The van der Waals surface area contributed by atoms with E-state index in [2.05, 4.69) is 5.92 Å². The van der Waals surface area contributed by atoms with Gasteiger partial charge in [-0.1, -0.05) is 5.92 Å². The van der Waals surface area contributed by atoms with E-state index in [-0.39, 0.29) is 6.10 Å². The molecule has 1 N–H and O–H groups in total. The zero-order valence-corrected chi connectivity index (χ0v) is 8.09. The van der Waals surface area contributed by atoms with E-state index in [4.69, 9.17) is 11.2 Å². The van der Waals surface area contributed by atoms with Crippen LogP contribution < -0.4 is 0 Å². The minimum Gasteiger partial charge on any atom is -0.366 e. The zero-order valence-electron chi connectivity index (χ0n) is 8.09. The van der Waals surface area contributed by atoms with Gasteiger partial charge in [0.15, 0.2) is 5.79 Å². The van der Waals surface area contributed by atoms with E-state index in [1.807, 2.05) is 13.8 Å². The molecular formula is C10H16O2. The van der Waals surface area contributed by atoms with Crippen LogP contribution in [0.5, 0.6) is 0 Å². The molecule has 0 fully saturated rings. The first kappa shape index (κ1) is 11.2. The highest BCUT2D eigenvalue weighted by atomic mass is 16.6. The molecule has 2 heteroatoms. The lowest BCUT2D eigenvalue weighted by Gasteiger charge is -2.21. The van der Waals surface area contributed by atoms with Crippen molar-refractivity contribution in [2.24, 2.45) is 0 Å². The smallest absolute Gasteiger partial charge is 0.160 e. The third kappa shape index (κ3) is 5.96. The van der Waals surface area contributed by atoms with Crippen molar-refractivity contribution in [3.8, 4) is 12.3 Å². The minimum atomic E-state index is -1.11. The Hall–Kier alpha value is -0.780. The summed E-state index contributed by atoms with van der Waals surface area (Å²) in [5, 5.41) is 9.27. The van der Waals surface area contributed by atoms with Gasteiger partial charge < -0.3 is 9.84 Å². The maximum Gasteiger partial charge on any atom is 0.160 e. The van der Waals surface area contributed by atoms with Gasteiger partial charge in [-0.15, -0.1) is 6.42 Å². The molecule has 0 aliphatic rings. The Labute approximate surface area is 74.2 Å². The minimum absolute atomic E-state index is 0.166. The van der Waals surface area contributed by atoms with Crippen LogP contribution in [0.3, 0.4) is 0 Å². The van der Waals surface area contributed by atoms with Gasteiger partial charge >= 0.3 is 0 Å². The van der Waals surface area contributed by atoms with E-state index in [0.29, 0.717) is 0 Å². The fourth-order valence-corrected chi connectivity index (χ4v) is 0.889. The number of hydrogen-bond acceptors (Lipinski definition) is 2. The Morgan fingerprint density at radius 2 is 2.17 bits per heavy atom. The van der Waals surface area contributed by atoms with Gasteiger partial charge in [0.1, 0.15) is 0 Å². The highest BCUT2D eigenvalue weighted by Crippen LogP contribution is 2.09. The molecule has 12 heavy (non-hydrogen) atoms. The number of allylic oxidation sites excluding steroid dienone is 1. The highest BCUT2D eigenvalue weighted by molar-refractivity contribution is 5.23. The zero-order chi connectivity index (χ0) is 9.78. The Kier molecular flexibility index (Phi) is 4.02. The van der Waals surface area contributed by atoms with Gasteiger partial charge in [-0.2, -0.15) is 0 Å². The van der Waals surface area contributed by atoms with E-state index < -0.39 is 5.79 Å². The van der Waals surface area contributed by atoms with Crippen molar-refractivity contribution in [1.29, 1.82) is 0 Å². The van der Waals surface area contributed by atoms with Crippen LogP contribution in [-0.2, 0) is 4.74 Å². The van der Waals surface area contributed by atoms with Crippen molar-refractivity contribution in [3.05, 3.63) is 11.6 Å². The summed E-state index contributed by atoms with van der Waals surface area (Å²) in [6, 6.07) is 0. The number of hydrogen-bond donors (Lipinski definition) is 1. The fourth-order valence-electron chi connectivity index (χ4n) is 0.889. The topological polar surface area (TPSA) is 29.5 Å². The first-order valence-corrected chi connectivity index (χ1v) is 3.90. The monoisotopic (exact) mass is 168 g/mol. The average molecular weight is 168 g/mol. The van der Waals surface area contributed by atoms with Crippen molar-refractivity contribution in [2.45, 2.75) is 39.6 Å². The normalized spacial score (nSPS) is 15.5. The maximum absolute atomic E-state index is 9.27. The second-order valence-corrected chi connectivity index (χ2v) is 3.26. The molecule has 68 valence electrons. The standard InChI is InChI=1S/C10H16O2/c1-6-8(2)7-9(3)12-10(4,5)11/h1,7,9,11H,2-5H3. The van der Waals surface area contributed by atoms with Gasteiger partial charge in [0, 0.05) is 0 Å². The quantitative estimate of drug-likeness (QED) is 0.513. The molecule has 0 aromatic heterocycles. The number of terminal acetylenes is 1. The highest BCUT2D eigenvalue weighted by Gasteiger charge is 2.15. The second-order valence-electron chi connectivity index (χ2n) is 3.26. The largest absolute Gasteiger partial charge is 0.366 e. The molecule has 2 nitrogen and oxygen atoms in total. The molecule has 1 atom stereocenters. The fraction of sp³-hybridized carbons (Fsp3) is 0.600. The lowest BCUT2D eigenvalue weighted by atomic mass is 10.2. The molecule has 0 bridgehead atoms. The molecule has 0 saturated carbocycles. The van der Waals surface area contributed by atoms with Crippen LogP contribution in [0.25, 0.3) is 0 Å². The van der Waals surface area contributed by atoms with Crippen molar-refractivity contribution >= 4 is 0 Å². The van der Waals surface area contributed by atoms with Gasteiger partial charge in [-0.25, -0.2) is 0 Å². The Balaban J connectivity index is 4.09. The first-order valence-electron chi connectivity index (χ1n) is 3.90. The van der Waals surface area contributed by atoms with Gasteiger partial charge in [0.05, 0.1) is 6.10 Å². The average Bonchev–Trinajstić information content (AvgIpc) is 1.82. The summed E-state index contributed by atoms with van der Waals surface area (Å²) < 4.78 is 5.19. The van der Waals surface area contributed by atoms with Gasteiger partial charge in [-0.3, -0.25) is 0 Å². The number of rotatable bonds is 3. The maximum atomic E-state index is 9.27. The lowest BCUT2D eigenvalue weighted by Crippen LogP contribution is -2.27. The van der Waals surface area contributed by atoms with Crippen LogP contribution in [0.15, 0.2) is 11.6 Å². The summed E-state index contributed by atoms with van der Waals surface area (Å²) in [7, 11) is 0. The van der Waals surface area contributed by atoms with Crippen LogP contribution in [0.2, 0.25) is 0 Å². The van der Waals surface area contributed by atoms with E-state index in [0.717, 1.165) is 5.57 Å². The summed E-state index contributed by atoms with van der Waals surface area (Å²) >= 11 is 0. The van der Waals surface area contributed by atoms with Crippen LogP contribution >= 0.6 is 0 Å². The van der Waals surface area contributed by atoms with E-state index in [9.17, 15) is 5.11 Å². The molecule has 0 aliphatic heterocycles. The summed E-state index contributed by atoms with van der Waals surface area (Å²) in [5.41, 5.74) is 0.812. The summed E-state index contributed by atoms with van der Waals surface area (Å²) in [6.45, 7) is 6.83. The molecule has 0 spiro atoms. The second kappa shape index (κ2) is 4.30. The first-order chi connectivity index (χ1) is 5.35. The van der Waals surface area contributed by atoms with E-state index >= 15 is 0 Å². The van der Waals surface area contributed by atoms with Crippen LogP contribution in [0.1, 0.15) is 27.7 Å². The van der Waals surface area contributed by atoms with Gasteiger partial charge in [-0.05, 0) is 39.3 Å². The molecule has 0 heterocycles. The molecule has 0 radical (unpaired) electrons. The Bertz CT molecular complexity index is 203. The predicted molar refractivity (Wildman–Crippen MR) is 49.4 cm³/mol. The number of aliphatic hydroxyl groups is 1. The molecule has 0 rings (SSSR count). The third-order valence-corrected chi connectivity index (χ3v) is 1.19. The van der Waals surface area contributed by atoms with Crippen LogP contribution in [0, 0.1) is 12.3 Å². The Morgan fingerprint density at radius 3 is 2.50 bits per heavy atom. The molecule has 0 amide bonds. The molecule has 0 aromatic carbocycles.